The van der Waals surface area contributed by atoms with Crippen molar-refractivity contribution in [3.63, 3.8) is 0 Å². The van der Waals surface area contributed by atoms with Crippen LogP contribution >= 0.6 is 0 Å². The molecule has 2 aromatic rings. The van der Waals surface area contributed by atoms with Gasteiger partial charge in [-0.2, -0.15) is 0 Å². The van der Waals surface area contributed by atoms with Crippen molar-refractivity contribution >= 4 is 17.0 Å². The molecule has 0 spiro atoms. The molecule has 1 aliphatic rings. The SMILES string of the molecule is CCCCCCCCCCCCC(CCCCCCCCCC)CC1(CC(CCCCCCCCCC)CCCCCCCCCCCC)C=Cc2c([nH]c3ccccc23)C1. The molecule has 3 rings (SSSR count). The first-order chi connectivity index (χ1) is 30.1. The van der Waals surface area contributed by atoms with Crippen LogP contribution in [0, 0.1) is 17.3 Å². The van der Waals surface area contributed by atoms with Gasteiger partial charge in [0.1, 0.15) is 0 Å². The molecule has 0 amide bonds. The zero-order valence-corrected chi connectivity index (χ0v) is 42.0. The summed E-state index contributed by atoms with van der Waals surface area (Å²) in [6.45, 7) is 9.36. The Kier molecular flexibility index (Phi) is 32.5. The van der Waals surface area contributed by atoms with E-state index in [1.165, 1.54) is 293 Å². The predicted molar refractivity (Wildman–Crippen MR) is 277 cm³/mol. The zero-order chi connectivity index (χ0) is 43.3. The van der Waals surface area contributed by atoms with E-state index in [1.54, 1.807) is 5.69 Å². The van der Waals surface area contributed by atoms with E-state index in [-0.39, 0.29) is 0 Å². The lowest BCUT2D eigenvalue weighted by atomic mass is 9.65. The first-order valence-electron chi connectivity index (χ1n) is 28.4. The second kappa shape index (κ2) is 36.8. The number of allylic oxidation sites excluding steroid dienone is 1. The van der Waals surface area contributed by atoms with Crippen LogP contribution < -0.4 is 0 Å². The average molecular weight is 843 g/mol. The van der Waals surface area contributed by atoms with Gasteiger partial charge in [0.2, 0.25) is 0 Å². The molecule has 0 saturated carbocycles. The van der Waals surface area contributed by atoms with Crippen LogP contribution in [0.2, 0.25) is 0 Å². The Bertz CT molecular complexity index is 1230. The van der Waals surface area contributed by atoms with Crippen LogP contribution in [0.1, 0.15) is 309 Å². The molecule has 1 nitrogen and oxygen atoms in total. The van der Waals surface area contributed by atoms with E-state index in [0.717, 1.165) is 11.8 Å². The van der Waals surface area contributed by atoms with Crippen LogP contribution in [0.25, 0.3) is 17.0 Å². The van der Waals surface area contributed by atoms with Gasteiger partial charge < -0.3 is 4.98 Å². The second-order valence-corrected chi connectivity index (χ2v) is 21.0. The molecular formula is C60H107N. The van der Waals surface area contributed by atoms with E-state index < -0.39 is 0 Å². The highest BCUT2D eigenvalue weighted by Gasteiger charge is 2.36. The monoisotopic (exact) mass is 842 g/mol. The van der Waals surface area contributed by atoms with Crippen LogP contribution in [-0.4, -0.2) is 4.98 Å². The summed E-state index contributed by atoms with van der Waals surface area (Å²) in [5.74, 6) is 1.73. The Hall–Kier alpha value is -1.50. The van der Waals surface area contributed by atoms with Crippen LogP contribution in [0.15, 0.2) is 30.3 Å². The maximum absolute atomic E-state index is 4.00. The minimum Gasteiger partial charge on any atom is -0.358 e. The average Bonchev–Trinajstić information content (AvgIpc) is 3.63. The highest BCUT2D eigenvalue weighted by Crippen LogP contribution is 2.47. The second-order valence-electron chi connectivity index (χ2n) is 21.0. The Morgan fingerprint density at radius 2 is 0.721 bits per heavy atom. The molecule has 2 unspecified atom stereocenters. The Labute approximate surface area is 383 Å². The lowest BCUT2D eigenvalue weighted by Crippen LogP contribution is -2.30. The number of unbranched alkanes of at least 4 members (excludes halogenated alkanes) is 32. The molecule has 1 heteroatoms. The number of rotatable bonds is 44. The van der Waals surface area contributed by atoms with Gasteiger partial charge in [-0.1, -0.05) is 315 Å². The summed E-state index contributed by atoms with van der Waals surface area (Å²) < 4.78 is 0. The van der Waals surface area contributed by atoms with E-state index in [2.05, 4.69) is 69.1 Å². The molecule has 1 aromatic carbocycles. The number of nitrogens with one attached hydrogen (secondary N) is 1. The van der Waals surface area contributed by atoms with Crippen molar-refractivity contribution < 1.29 is 0 Å². The summed E-state index contributed by atoms with van der Waals surface area (Å²) in [5.41, 5.74) is 4.67. The normalized spacial score (nSPS) is 16.1. The summed E-state index contributed by atoms with van der Waals surface area (Å²) in [5, 5.41) is 1.43. The summed E-state index contributed by atoms with van der Waals surface area (Å²) in [6, 6.07) is 9.13. The van der Waals surface area contributed by atoms with E-state index >= 15 is 0 Å². The van der Waals surface area contributed by atoms with E-state index in [1.807, 2.05) is 0 Å². The van der Waals surface area contributed by atoms with Crippen molar-refractivity contribution in [2.24, 2.45) is 17.3 Å². The maximum atomic E-state index is 4.00. The molecule has 0 aliphatic heterocycles. The molecule has 1 N–H and O–H groups in total. The largest absolute Gasteiger partial charge is 0.358 e. The number of para-hydroxylation sites is 1. The number of benzene rings is 1. The highest BCUT2D eigenvalue weighted by molar-refractivity contribution is 5.91. The van der Waals surface area contributed by atoms with Gasteiger partial charge in [0.15, 0.2) is 0 Å². The molecule has 0 bridgehead atoms. The van der Waals surface area contributed by atoms with Crippen molar-refractivity contribution in [1.29, 1.82) is 0 Å². The van der Waals surface area contributed by atoms with Crippen molar-refractivity contribution in [2.45, 2.75) is 304 Å². The number of aromatic nitrogens is 1. The number of H-pyrrole nitrogens is 1. The van der Waals surface area contributed by atoms with Crippen LogP contribution in [0.4, 0.5) is 0 Å². The van der Waals surface area contributed by atoms with Crippen molar-refractivity contribution in [1.82, 2.24) is 4.98 Å². The zero-order valence-electron chi connectivity index (χ0n) is 42.0. The molecule has 0 radical (unpaired) electrons. The van der Waals surface area contributed by atoms with Gasteiger partial charge >= 0.3 is 0 Å². The standard InChI is InChI=1S/C60H107N/c1-5-9-13-17-21-25-27-31-35-39-45-54(43-37-33-29-23-19-15-11-7-3)51-60(50-49-57-56-47-41-42-48-58(56)61-59(57)53-60)52-55(44-38-34-30-24-20-16-12-8-4)46-40-36-32-28-26-22-18-14-10-6-2/h41-42,47-50,54-55,61H,5-40,43-46,51-53H2,1-4H3. The van der Waals surface area contributed by atoms with Crippen molar-refractivity contribution in [3.05, 3.63) is 41.6 Å². The molecule has 1 aliphatic carbocycles. The molecular weight excluding hydrogens is 735 g/mol. The predicted octanol–water partition coefficient (Wildman–Crippen LogP) is 21.4. The number of aromatic amines is 1. The molecule has 1 aromatic heterocycles. The quantitative estimate of drug-likeness (QED) is 0.0640. The highest BCUT2D eigenvalue weighted by atomic mass is 14.7. The smallest absolute Gasteiger partial charge is 0.0462 e. The molecule has 61 heavy (non-hydrogen) atoms. The van der Waals surface area contributed by atoms with Gasteiger partial charge in [-0.25, -0.2) is 0 Å². The van der Waals surface area contributed by atoms with Gasteiger partial charge in [-0.3, -0.25) is 0 Å². The third kappa shape index (κ3) is 25.0. The fourth-order valence-corrected chi connectivity index (χ4v) is 11.4. The van der Waals surface area contributed by atoms with Crippen LogP contribution in [-0.2, 0) is 6.42 Å². The fraction of sp³-hybridized carbons (Fsp3) is 0.833. The maximum Gasteiger partial charge on any atom is 0.0462 e. The molecule has 352 valence electrons. The van der Waals surface area contributed by atoms with Crippen LogP contribution in [0.5, 0.6) is 0 Å². The lowest BCUT2D eigenvalue weighted by molar-refractivity contribution is 0.185. The van der Waals surface area contributed by atoms with Crippen molar-refractivity contribution in [3.8, 4) is 0 Å². The van der Waals surface area contributed by atoms with E-state index in [4.69, 9.17) is 0 Å². The number of hydrogen-bond donors (Lipinski definition) is 1. The summed E-state index contributed by atoms with van der Waals surface area (Å²) in [6.07, 6.45) is 67.2. The third-order valence-electron chi connectivity index (χ3n) is 15.2. The Balaban J connectivity index is 1.71. The lowest BCUT2D eigenvalue weighted by Gasteiger charge is -2.39. The Morgan fingerprint density at radius 3 is 1.07 bits per heavy atom. The minimum atomic E-state index is 0.292. The minimum absolute atomic E-state index is 0.292. The van der Waals surface area contributed by atoms with Gasteiger partial charge in [0.25, 0.3) is 0 Å². The molecule has 0 saturated heterocycles. The third-order valence-corrected chi connectivity index (χ3v) is 15.2. The molecule has 2 atom stereocenters. The first kappa shape index (κ1) is 53.8. The van der Waals surface area contributed by atoms with Crippen molar-refractivity contribution in [2.75, 3.05) is 0 Å². The van der Waals surface area contributed by atoms with E-state index in [9.17, 15) is 0 Å². The first-order valence-corrected chi connectivity index (χ1v) is 28.4. The fourth-order valence-electron chi connectivity index (χ4n) is 11.4. The molecule has 0 fully saturated rings. The van der Waals surface area contributed by atoms with Gasteiger partial charge in [-0.05, 0) is 42.6 Å². The topological polar surface area (TPSA) is 15.8 Å². The number of hydrogen-bond acceptors (Lipinski definition) is 0. The van der Waals surface area contributed by atoms with Gasteiger partial charge in [0, 0.05) is 22.2 Å². The Morgan fingerprint density at radius 1 is 0.410 bits per heavy atom. The van der Waals surface area contributed by atoms with Gasteiger partial charge in [-0.15, -0.1) is 0 Å². The summed E-state index contributed by atoms with van der Waals surface area (Å²) in [7, 11) is 0. The van der Waals surface area contributed by atoms with E-state index in [0.29, 0.717) is 5.41 Å². The molecule has 1 heterocycles. The number of fused-ring (bicyclic) bond motifs is 3. The van der Waals surface area contributed by atoms with Crippen LogP contribution in [0.3, 0.4) is 0 Å². The van der Waals surface area contributed by atoms with Gasteiger partial charge in [0.05, 0.1) is 0 Å². The summed E-state index contributed by atoms with van der Waals surface area (Å²) in [4.78, 5) is 4.00. The summed E-state index contributed by atoms with van der Waals surface area (Å²) >= 11 is 0.